The number of halogens is 1. The standard InChI is InChI=1S/C20H19FN4O3/c1-2-3-12-22-20(26)19-13-18(14-4-6-15(21)7-5-14)23-24(19)16-8-10-17(11-9-16)25(27)28/h4-11,13H,2-3,12H2,1H3,(H,22,26). The summed E-state index contributed by atoms with van der Waals surface area (Å²) < 4.78 is 14.6. The number of amides is 1. The van der Waals surface area contributed by atoms with Crippen LogP contribution < -0.4 is 5.32 Å². The second-order valence-corrected chi connectivity index (χ2v) is 6.22. The Morgan fingerprint density at radius 1 is 1.18 bits per heavy atom. The van der Waals surface area contributed by atoms with Crippen LogP contribution in [0.15, 0.2) is 54.6 Å². The van der Waals surface area contributed by atoms with E-state index in [1.165, 1.54) is 41.1 Å². The van der Waals surface area contributed by atoms with Crippen LogP contribution in [0.25, 0.3) is 16.9 Å². The molecule has 1 amide bonds. The van der Waals surface area contributed by atoms with Gasteiger partial charge in [-0.2, -0.15) is 5.10 Å². The Labute approximate surface area is 161 Å². The van der Waals surface area contributed by atoms with E-state index in [1.54, 1.807) is 18.2 Å². The first kappa shape index (κ1) is 19.2. The summed E-state index contributed by atoms with van der Waals surface area (Å²) in [6.07, 6.45) is 1.80. The highest BCUT2D eigenvalue weighted by Gasteiger charge is 2.18. The SMILES string of the molecule is CCCCNC(=O)c1cc(-c2ccc(F)cc2)nn1-c1ccc([N+](=O)[O-])cc1. The predicted molar refractivity (Wildman–Crippen MR) is 103 cm³/mol. The third-order valence-electron chi connectivity index (χ3n) is 4.20. The van der Waals surface area contributed by atoms with Gasteiger partial charge in [0.15, 0.2) is 0 Å². The zero-order valence-electron chi connectivity index (χ0n) is 15.3. The number of nitro groups is 1. The van der Waals surface area contributed by atoms with Crippen molar-refractivity contribution < 1.29 is 14.1 Å². The quantitative estimate of drug-likeness (QED) is 0.378. The van der Waals surface area contributed by atoms with Gasteiger partial charge in [0.05, 0.1) is 16.3 Å². The Bertz CT molecular complexity index is 982. The van der Waals surface area contributed by atoms with Gasteiger partial charge in [0.2, 0.25) is 0 Å². The van der Waals surface area contributed by atoms with E-state index in [9.17, 15) is 19.3 Å². The summed E-state index contributed by atoms with van der Waals surface area (Å²) in [5.41, 5.74) is 1.91. The lowest BCUT2D eigenvalue weighted by Gasteiger charge is -2.08. The minimum atomic E-state index is -0.491. The van der Waals surface area contributed by atoms with E-state index < -0.39 is 4.92 Å². The number of unbranched alkanes of at least 4 members (excludes halogenated alkanes) is 1. The minimum absolute atomic E-state index is 0.0522. The first-order valence-electron chi connectivity index (χ1n) is 8.88. The molecular formula is C20H19FN4O3. The van der Waals surface area contributed by atoms with E-state index in [4.69, 9.17) is 0 Å². The molecule has 1 N–H and O–H groups in total. The molecule has 0 spiro atoms. The van der Waals surface area contributed by atoms with Crippen LogP contribution >= 0.6 is 0 Å². The molecule has 0 unspecified atom stereocenters. The molecule has 7 nitrogen and oxygen atoms in total. The van der Waals surface area contributed by atoms with Crippen LogP contribution in [-0.2, 0) is 0 Å². The van der Waals surface area contributed by atoms with Crippen molar-refractivity contribution in [1.82, 2.24) is 15.1 Å². The van der Waals surface area contributed by atoms with E-state index in [2.05, 4.69) is 10.4 Å². The average Bonchev–Trinajstić information content (AvgIpc) is 3.14. The van der Waals surface area contributed by atoms with Crippen LogP contribution in [0, 0.1) is 15.9 Å². The van der Waals surface area contributed by atoms with Crippen LogP contribution in [-0.4, -0.2) is 27.2 Å². The molecule has 0 aliphatic heterocycles. The summed E-state index contributed by atoms with van der Waals surface area (Å²) in [5.74, 6) is -0.663. The average molecular weight is 382 g/mol. The molecule has 8 heteroatoms. The monoisotopic (exact) mass is 382 g/mol. The normalized spacial score (nSPS) is 10.6. The lowest BCUT2D eigenvalue weighted by atomic mass is 10.1. The molecule has 2 aromatic carbocycles. The van der Waals surface area contributed by atoms with Gasteiger partial charge in [-0.25, -0.2) is 9.07 Å². The number of nitro benzene ring substituents is 1. The van der Waals surface area contributed by atoms with Crippen molar-refractivity contribution in [2.45, 2.75) is 19.8 Å². The van der Waals surface area contributed by atoms with E-state index in [0.29, 0.717) is 29.2 Å². The Morgan fingerprint density at radius 3 is 2.46 bits per heavy atom. The lowest BCUT2D eigenvalue weighted by Crippen LogP contribution is -2.26. The highest BCUT2D eigenvalue weighted by molar-refractivity contribution is 5.94. The van der Waals surface area contributed by atoms with Crippen molar-refractivity contribution >= 4 is 11.6 Å². The van der Waals surface area contributed by atoms with E-state index in [0.717, 1.165) is 12.8 Å². The predicted octanol–water partition coefficient (Wildman–Crippen LogP) is 4.12. The number of aromatic nitrogens is 2. The fourth-order valence-corrected chi connectivity index (χ4v) is 2.69. The number of carbonyl (C=O) groups is 1. The van der Waals surface area contributed by atoms with Crippen LogP contribution in [0.1, 0.15) is 30.3 Å². The molecule has 3 rings (SSSR count). The van der Waals surface area contributed by atoms with Crippen molar-refractivity contribution in [3.63, 3.8) is 0 Å². The number of carbonyl (C=O) groups excluding carboxylic acids is 1. The number of nitrogens with one attached hydrogen (secondary N) is 1. The largest absolute Gasteiger partial charge is 0.351 e. The molecule has 0 saturated heterocycles. The van der Waals surface area contributed by atoms with E-state index >= 15 is 0 Å². The maximum Gasteiger partial charge on any atom is 0.270 e. The smallest absolute Gasteiger partial charge is 0.270 e. The Kier molecular flexibility index (Phi) is 5.78. The van der Waals surface area contributed by atoms with Gasteiger partial charge in [0.25, 0.3) is 11.6 Å². The van der Waals surface area contributed by atoms with Crippen molar-refractivity contribution in [2.75, 3.05) is 6.54 Å². The summed E-state index contributed by atoms with van der Waals surface area (Å²) in [6.45, 7) is 2.56. The maximum absolute atomic E-state index is 13.2. The summed E-state index contributed by atoms with van der Waals surface area (Å²) >= 11 is 0. The van der Waals surface area contributed by atoms with Gasteiger partial charge in [-0.15, -0.1) is 0 Å². The highest BCUT2D eigenvalue weighted by atomic mass is 19.1. The number of benzene rings is 2. The zero-order chi connectivity index (χ0) is 20.1. The van der Waals surface area contributed by atoms with Gasteiger partial charge in [-0.3, -0.25) is 14.9 Å². The number of hydrogen-bond acceptors (Lipinski definition) is 4. The fraction of sp³-hybridized carbons (Fsp3) is 0.200. The van der Waals surface area contributed by atoms with Crippen LogP contribution in [0.5, 0.6) is 0 Å². The molecule has 1 aromatic heterocycles. The van der Waals surface area contributed by atoms with E-state index in [1.807, 2.05) is 6.92 Å². The Morgan fingerprint density at radius 2 is 1.86 bits per heavy atom. The van der Waals surface area contributed by atoms with Gasteiger partial charge in [0.1, 0.15) is 11.5 Å². The van der Waals surface area contributed by atoms with Crippen LogP contribution in [0.4, 0.5) is 10.1 Å². The molecule has 0 aliphatic rings. The van der Waals surface area contributed by atoms with Gasteiger partial charge < -0.3 is 5.32 Å². The van der Waals surface area contributed by atoms with Gasteiger partial charge >= 0.3 is 0 Å². The molecule has 144 valence electrons. The molecule has 0 fully saturated rings. The first-order valence-corrected chi connectivity index (χ1v) is 8.88. The van der Waals surface area contributed by atoms with Crippen molar-refractivity contribution in [2.24, 2.45) is 0 Å². The third-order valence-corrected chi connectivity index (χ3v) is 4.20. The molecule has 0 atom stereocenters. The van der Waals surface area contributed by atoms with Gasteiger partial charge in [-0.05, 0) is 48.9 Å². The first-order chi connectivity index (χ1) is 13.5. The number of non-ortho nitro benzene ring substituents is 1. The molecule has 0 saturated carbocycles. The van der Waals surface area contributed by atoms with Crippen molar-refractivity contribution in [1.29, 1.82) is 0 Å². The number of nitrogens with zero attached hydrogens (tertiary/aromatic N) is 3. The van der Waals surface area contributed by atoms with E-state index in [-0.39, 0.29) is 17.4 Å². The van der Waals surface area contributed by atoms with Gasteiger partial charge in [0, 0.05) is 24.2 Å². The molecule has 28 heavy (non-hydrogen) atoms. The highest BCUT2D eigenvalue weighted by Crippen LogP contribution is 2.23. The third kappa shape index (κ3) is 4.22. The molecular weight excluding hydrogens is 363 g/mol. The summed E-state index contributed by atoms with van der Waals surface area (Å²) in [4.78, 5) is 23.0. The topological polar surface area (TPSA) is 90.1 Å². The molecule has 0 aliphatic carbocycles. The molecule has 0 bridgehead atoms. The summed E-state index contributed by atoms with van der Waals surface area (Å²) in [5, 5.41) is 18.2. The van der Waals surface area contributed by atoms with Crippen LogP contribution in [0.2, 0.25) is 0 Å². The Hall–Kier alpha value is -3.55. The second kappa shape index (κ2) is 8.43. The summed E-state index contributed by atoms with van der Waals surface area (Å²) in [7, 11) is 0. The van der Waals surface area contributed by atoms with Crippen LogP contribution in [0.3, 0.4) is 0 Å². The Balaban J connectivity index is 2.01. The molecule has 1 heterocycles. The molecule has 3 aromatic rings. The zero-order valence-corrected chi connectivity index (χ0v) is 15.3. The van der Waals surface area contributed by atoms with Crippen molar-refractivity contribution in [3.8, 4) is 16.9 Å². The number of hydrogen-bond donors (Lipinski definition) is 1. The number of rotatable bonds is 7. The maximum atomic E-state index is 13.2. The van der Waals surface area contributed by atoms with Gasteiger partial charge in [-0.1, -0.05) is 13.3 Å². The second-order valence-electron chi connectivity index (χ2n) is 6.22. The van der Waals surface area contributed by atoms with Crippen molar-refractivity contribution in [3.05, 3.63) is 76.2 Å². The molecule has 0 radical (unpaired) electrons. The minimum Gasteiger partial charge on any atom is -0.351 e. The lowest BCUT2D eigenvalue weighted by molar-refractivity contribution is -0.384. The fourth-order valence-electron chi connectivity index (χ4n) is 2.69. The summed E-state index contributed by atoms with van der Waals surface area (Å²) in [6, 6.07) is 13.2.